The Bertz CT molecular complexity index is 596. The van der Waals surface area contributed by atoms with Crippen molar-refractivity contribution in [3.63, 3.8) is 0 Å². The summed E-state index contributed by atoms with van der Waals surface area (Å²) >= 11 is 0. The van der Waals surface area contributed by atoms with E-state index in [1.807, 2.05) is 4.90 Å². The Morgan fingerprint density at radius 1 is 1.26 bits per heavy atom. The Balaban J connectivity index is 1.77. The lowest BCUT2D eigenvalue weighted by Crippen LogP contribution is -2.59. The predicted molar refractivity (Wildman–Crippen MR) is 81.8 cm³/mol. The van der Waals surface area contributed by atoms with Crippen molar-refractivity contribution in [3.05, 3.63) is 35.4 Å². The molecule has 3 rings (SSSR count). The third-order valence-corrected chi connectivity index (χ3v) is 4.73. The third kappa shape index (κ3) is 3.38. The molecular formula is C17H22F2N2O2. The molecule has 2 fully saturated rings. The molecule has 1 spiro atoms. The zero-order chi connectivity index (χ0) is 16.4. The van der Waals surface area contributed by atoms with Crippen LogP contribution >= 0.6 is 0 Å². The molecule has 1 atom stereocenters. The van der Waals surface area contributed by atoms with E-state index >= 15 is 0 Å². The van der Waals surface area contributed by atoms with Crippen LogP contribution in [0.3, 0.4) is 0 Å². The number of hydrogen-bond acceptors (Lipinski definition) is 3. The number of amides is 1. The van der Waals surface area contributed by atoms with E-state index in [2.05, 4.69) is 0 Å². The number of likely N-dealkylation sites (N-methyl/N-ethyl adjacent to an activating group) is 1. The van der Waals surface area contributed by atoms with Gasteiger partial charge >= 0.3 is 0 Å². The summed E-state index contributed by atoms with van der Waals surface area (Å²) in [7, 11) is 1.80. The van der Waals surface area contributed by atoms with E-state index in [1.165, 1.54) is 6.07 Å². The van der Waals surface area contributed by atoms with Crippen molar-refractivity contribution in [2.45, 2.75) is 31.4 Å². The summed E-state index contributed by atoms with van der Waals surface area (Å²) in [5, 5.41) is 0. The molecule has 23 heavy (non-hydrogen) atoms. The lowest BCUT2D eigenvalue weighted by atomic mass is 9.94. The second-order valence-electron chi connectivity index (χ2n) is 6.47. The van der Waals surface area contributed by atoms with Gasteiger partial charge in [-0.15, -0.1) is 0 Å². The van der Waals surface area contributed by atoms with Gasteiger partial charge in [-0.3, -0.25) is 9.69 Å². The molecule has 0 aromatic heterocycles. The van der Waals surface area contributed by atoms with Crippen LogP contribution in [0.5, 0.6) is 0 Å². The Hall–Kier alpha value is -1.53. The number of rotatable bonds is 2. The van der Waals surface area contributed by atoms with Gasteiger partial charge in [0.15, 0.2) is 5.60 Å². The minimum atomic E-state index is -0.840. The first-order valence-corrected chi connectivity index (χ1v) is 8.06. The molecule has 0 N–H and O–H groups in total. The van der Waals surface area contributed by atoms with Gasteiger partial charge in [0.1, 0.15) is 11.6 Å². The van der Waals surface area contributed by atoms with Crippen molar-refractivity contribution < 1.29 is 18.3 Å². The van der Waals surface area contributed by atoms with Crippen molar-refractivity contribution in [1.82, 2.24) is 9.80 Å². The van der Waals surface area contributed by atoms with E-state index in [-0.39, 0.29) is 12.5 Å². The number of nitrogens with zero attached hydrogens (tertiary/aromatic N) is 2. The van der Waals surface area contributed by atoms with Crippen LogP contribution in [-0.2, 0) is 16.1 Å². The first kappa shape index (κ1) is 16.3. The number of likely N-dealkylation sites (tertiary alicyclic amines) is 1. The summed E-state index contributed by atoms with van der Waals surface area (Å²) in [6.07, 6.45) is 2.57. The zero-order valence-corrected chi connectivity index (χ0v) is 13.4. The first-order valence-electron chi connectivity index (χ1n) is 8.06. The quantitative estimate of drug-likeness (QED) is 0.836. The van der Waals surface area contributed by atoms with E-state index in [0.717, 1.165) is 31.5 Å². The molecule has 2 aliphatic heterocycles. The Kier molecular flexibility index (Phi) is 4.64. The van der Waals surface area contributed by atoms with Gasteiger partial charge in [0, 0.05) is 38.8 Å². The number of ether oxygens (including phenoxy) is 1. The standard InChI is InChI=1S/C17H22F2N2O2/c1-20-7-3-2-6-17(16(20)22)12-21(8-9-23-17)11-13-10-14(18)4-5-15(13)19/h4-5,10H,2-3,6-9,11-12H2,1H3. The van der Waals surface area contributed by atoms with Gasteiger partial charge < -0.3 is 9.64 Å². The lowest BCUT2D eigenvalue weighted by molar-refractivity contribution is -0.169. The van der Waals surface area contributed by atoms with E-state index in [9.17, 15) is 13.6 Å². The van der Waals surface area contributed by atoms with Gasteiger partial charge in [-0.2, -0.15) is 0 Å². The topological polar surface area (TPSA) is 32.8 Å². The number of morpholine rings is 1. The molecular weight excluding hydrogens is 302 g/mol. The van der Waals surface area contributed by atoms with Crippen LogP contribution < -0.4 is 0 Å². The van der Waals surface area contributed by atoms with Crippen LogP contribution in [0.1, 0.15) is 24.8 Å². The van der Waals surface area contributed by atoms with Gasteiger partial charge in [-0.05, 0) is 37.5 Å². The molecule has 2 heterocycles. The number of benzene rings is 1. The van der Waals surface area contributed by atoms with Gasteiger partial charge in [-0.1, -0.05) is 0 Å². The average Bonchev–Trinajstić information content (AvgIpc) is 2.66. The normalized spacial score (nSPS) is 26.6. The summed E-state index contributed by atoms with van der Waals surface area (Å²) in [6.45, 7) is 2.48. The molecule has 0 bridgehead atoms. The molecule has 1 amide bonds. The number of carbonyl (C=O) groups excluding carboxylic acids is 1. The maximum atomic E-state index is 13.9. The third-order valence-electron chi connectivity index (χ3n) is 4.73. The van der Waals surface area contributed by atoms with E-state index in [0.29, 0.717) is 31.7 Å². The van der Waals surface area contributed by atoms with Crippen molar-refractivity contribution in [2.75, 3.05) is 33.3 Å². The molecule has 0 saturated carbocycles. The Morgan fingerprint density at radius 2 is 2.09 bits per heavy atom. The highest BCUT2D eigenvalue weighted by Gasteiger charge is 2.45. The SMILES string of the molecule is CN1CCCCC2(CN(Cc3cc(F)ccc3F)CCO2)C1=O. The van der Waals surface area contributed by atoms with E-state index < -0.39 is 17.2 Å². The van der Waals surface area contributed by atoms with Crippen LogP contribution in [0.25, 0.3) is 0 Å². The predicted octanol–water partition coefficient (Wildman–Crippen LogP) is 2.18. The summed E-state index contributed by atoms with van der Waals surface area (Å²) in [5.74, 6) is -0.870. The molecule has 6 heteroatoms. The Morgan fingerprint density at radius 3 is 2.91 bits per heavy atom. The molecule has 1 unspecified atom stereocenters. The minimum Gasteiger partial charge on any atom is -0.362 e. The maximum Gasteiger partial charge on any atom is 0.255 e. The fourth-order valence-corrected chi connectivity index (χ4v) is 3.49. The highest BCUT2D eigenvalue weighted by atomic mass is 19.1. The summed E-state index contributed by atoms with van der Waals surface area (Å²) in [5.41, 5.74) is -0.524. The molecule has 1 aromatic rings. The Labute approximate surface area is 135 Å². The second-order valence-corrected chi connectivity index (χ2v) is 6.47. The van der Waals surface area contributed by atoms with Gasteiger partial charge in [0.2, 0.25) is 0 Å². The fourth-order valence-electron chi connectivity index (χ4n) is 3.49. The van der Waals surface area contributed by atoms with Crippen LogP contribution in [0.4, 0.5) is 8.78 Å². The minimum absolute atomic E-state index is 0.000542. The number of halogens is 2. The van der Waals surface area contributed by atoms with Gasteiger partial charge in [0.05, 0.1) is 6.61 Å². The maximum absolute atomic E-state index is 13.9. The zero-order valence-electron chi connectivity index (χ0n) is 13.4. The smallest absolute Gasteiger partial charge is 0.255 e. The summed E-state index contributed by atoms with van der Waals surface area (Å²) < 4.78 is 33.1. The molecule has 126 valence electrons. The van der Waals surface area contributed by atoms with Gasteiger partial charge in [-0.25, -0.2) is 8.78 Å². The number of hydrogen-bond donors (Lipinski definition) is 0. The average molecular weight is 324 g/mol. The van der Waals surface area contributed by atoms with Gasteiger partial charge in [0.25, 0.3) is 5.91 Å². The fraction of sp³-hybridized carbons (Fsp3) is 0.588. The van der Waals surface area contributed by atoms with Crippen LogP contribution in [0.15, 0.2) is 18.2 Å². The second kappa shape index (κ2) is 6.53. The van der Waals surface area contributed by atoms with Crippen molar-refractivity contribution >= 4 is 5.91 Å². The summed E-state index contributed by atoms with van der Waals surface area (Å²) in [4.78, 5) is 16.4. The highest BCUT2D eigenvalue weighted by Crippen LogP contribution is 2.30. The molecule has 0 radical (unpaired) electrons. The molecule has 1 aromatic carbocycles. The number of carbonyl (C=O) groups is 1. The lowest BCUT2D eigenvalue weighted by Gasteiger charge is -2.42. The van der Waals surface area contributed by atoms with Crippen LogP contribution in [0, 0.1) is 11.6 Å². The molecule has 2 saturated heterocycles. The largest absolute Gasteiger partial charge is 0.362 e. The van der Waals surface area contributed by atoms with Crippen molar-refractivity contribution in [3.8, 4) is 0 Å². The monoisotopic (exact) mass is 324 g/mol. The van der Waals surface area contributed by atoms with Crippen LogP contribution in [0.2, 0.25) is 0 Å². The van der Waals surface area contributed by atoms with Crippen molar-refractivity contribution in [1.29, 1.82) is 0 Å². The van der Waals surface area contributed by atoms with Crippen molar-refractivity contribution in [2.24, 2.45) is 0 Å². The van der Waals surface area contributed by atoms with E-state index in [1.54, 1.807) is 11.9 Å². The first-order chi connectivity index (χ1) is 11.0. The molecule has 2 aliphatic rings. The van der Waals surface area contributed by atoms with E-state index in [4.69, 9.17) is 4.74 Å². The molecule has 0 aliphatic carbocycles. The molecule has 4 nitrogen and oxygen atoms in total. The highest BCUT2D eigenvalue weighted by molar-refractivity contribution is 5.85. The van der Waals surface area contributed by atoms with Crippen LogP contribution in [-0.4, -0.2) is 54.6 Å². The summed E-state index contributed by atoms with van der Waals surface area (Å²) in [6, 6.07) is 3.48.